The second kappa shape index (κ2) is 7.11. The van der Waals surface area contributed by atoms with E-state index in [0.717, 1.165) is 35.8 Å². The van der Waals surface area contributed by atoms with E-state index in [2.05, 4.69) is 33.0 Å². The average Bonchev–Trinajstić information content (AvgIpc) is 2.33. The van der Waals surface area contributed by atoms with Crippen LogP contribution in [0.25, 0.3) is 0 Å². The van der Waals surface area contributed by atoms with E-state index >= 15 is 0 Å². The summed E-state index contributed by atoms with van der Waals surface area (Å²) >= 11 is 0. The molecule has 0 heterocycles. The van der Waals surface area contributed by atoms with Crippen molar-refractivity contribution in [2.45, 2.75) is 91.1 Å². The van der Waals surface area contributed by atoms with Crippen molar-refractivity contribution in [1.82, 2.24) is 5.32 Å². The number of hydrogen-bond donors (Lipinski definition) is 1. The Balaban J connectivity index is 1.76. The fourth-order valence-electron chi connectivity index (χ4n) is 4.36. The van der Waals surface area contributed by atoms with Gasteiger partial charge in [-0.15, -0.1) is 0 Å². The van der Waals surface area contributed by atoms with Crippen molar-refractivity contribution in [3.8, 4) is 0 Å². The Morgan fingerprint density at radius 2 is 1.63 bits per heavy atom. The molecule has 0 aliphatic heterocycles. The summed E-state index contributed by atoms with van der Waals surface area (Å²) in [7, 11) is 0. The molecule has 2 rings (SSSR count). The van der Waals surface area contributed by atoms with Gasteiger partial charge in [0.15, 0.2) is 0 Å². The van der Waals surface area contributed by atoms with Crippen LogP contribution in [-0.2, 0) is 0 Å². The van der Waals surface area contributed by atoms with E-state index in [1.807, 2.05) is 0 Å². The van der Waals surface area contributed by atoms with E-state index in [9.17, 15) is 0 Å². The molecule has 5 unspecified atom stereocenters. The van der Waals surface area contributed by atoms with Gasteiger partial charge in [-0.05, 0) is 62.2 Å². The molecule has 0 aromatic carbocycles. The minimum Gasteiger partial charge on any atom is -0.311 e. The summed E-state index contributed by atoms with van der Waals surface area (Å²) in [5.74, 6) is 3.73. The second-order valence-corrected chi connectivity index (χ2v) is 7.99. The molecule has 5 atom stereocenters. The van der Waals surface area contributed by atoms with Crippen LogP contribution in [0.5, 0.6) is 0 Å². The third-order valence-corrected chi connectivity index (χ3v) is 5.66. The van der Waals surface area contributed by atoms with Crippen molar-refractivity contribution in [2.75, 3.05) is 0 Å². The van der Waals surface area contributed by atoms with Crippen LogP contribution >= 0.6 is 0 Å². The van der Waals surface area contributed by atoms with Gasteiger partial charge >= 0.3 is 0 Å². The van der Waals surface area contributed by atoms with Gasteiger partial charge in [0.25, 0.3) is 0 Å². The van der Waals surface area contributed by atoms with E-state index in [1.165, 1.54) is 51.4 Å². The van der Waals surface area contributed by atoms with Crippen molar-refractivity contribution in [1.29, 1.82) is 0 Å². The highest BCUT2D eigenvalue weighted by Crippen LogP contribution is 2.33. The van der Waals surface area contributed by atoms with Gasteiger partial charge in [0.05, 0.1) is 0 Å². The molecule has 2 fully saturated rings. The first kappa shape index (κ1) is 15.4. The normalized spacial score (nSPS) is 40.6. The summed E-state index contributed by atoms with van der Waals surface area (Å²) < 4.78 is 0. The van der Waals surface area contributed by atoms with Crippen LogP contribution in [0.4, 0.5) is 0 Å². The molecule has 0 radical (unpaired) electrons. The fourth-order valence-corrected chi connectivity index (χ4v) is 4.36. The van der Waals surface area contributed by atoms with Crippen LogP contribution < -0.4 is 5.32 Å². The van der Waals surface area contributed by atoms with Gasteiger partial charge in [0.1, 0.15) is 0 Å². The molecule has 0 aromatic heterocycles. The molecule has 0 saturated heterocycles. The largest absolute Gasteiger partial charge is 0.311 e. The first-order chi connectivity index (χ1) is 9.04. The highest BCUT2D eigenvalue weighted by atomic mass is 15.0. The van der Waals surface area contributed by atoms with E-state index in [4.69, 9.17) is 0 Å². The molecule has 0 bridgehead atoms. The zero-order chi connectivity index (χ0) is 13.8. The molecule has 1 nitrogen and oxygen atoms in total. The third-order valence-electron chi connectivity index (χ3n) is 5.66. The van der Waals surface area contributed by atoms with E-state index in [1.54, 1.807) is 0 Å². The maximum atomic E-state index is 4.01. The Labute approximate surface area is 120 Å². The van der Waals surface area contributed by atoms with Gasteiger partial charge in [0, 0.05) is 12.1 Å². The van der Waals surface area contributed by atoms with Crippen molar-refractivity contribution in [3.63, 3.8) is 0 Å². The molecule has 2 aliphatic rings. The molecule has 1 N–H and O–H groups in total. The van der Waals surface area contributed by atoms with Crippen LogP contribution in [0.2, 0.25) is 0 Å². The molecule has 19 heavy (non-hydrogen) atoms. The van der Waals surface area contributed by atoms with Gasteiger partial charge in [0.2, 0.25) is 0 Å². The lowest BCUT2D eigenvalue weighted by Crippen LogP contribution is -2.44. The smallest absolute Gasteiger partial charge is 0.00723 e. The molecule has 0 amide bonds. The Hall–Kier alpha value is -0.0400. The van der Waals surface area contributed by atoms with Gasteiger partial charge in [-0.3, -0.25) is 0 Å². The number of rotatable bonds is 4. The maximum absolute atomic E-state index is 4.01. The van der Waals surface area contributed by atoms with E-state index in [0.29, 0.717) is 0 Å². The lowest BCUT2D eigenvalue weighted by Gasteiger charge is -2.38. The zero-order valence-electron chi connectivity index (χ0n) is 13.6. The highest BCUT2D eigenvalue weighted by molar-refractivity contribution is 4.85. The predicted octanol–water partition coefficient (Wildman–Crippen LogP) is 5.01. The van der Waals surface area contributed by atoms with Crippen LogP contribution in [-0.4, -0.2) is 12.1 Å². The molecule has 2 aliphatic carbocycles. The molecule has 0 aromatic rings. The summed E-state index contributed by atoms with van der Waals surface area (Å²) in [4.78, 5) is 0. The Morgan fingerprint density at radius 3 is 2.32 bits per heavy atom. The SMILES string of the molecule is CC(C)CC1CCCC(NC2CCC(C)C(C)C2)C1. The van der Waals surface area contributed by atoms with E-state index < -0.39 is 0 Å². The summed E-state index contributed by atoms with van der Waals surface area (Å²) in [6.45, 7) is 9.63. The maximum Gasteiger partial charge on any atom is 0.00723 e. The van der Waals surface area contributed by atoms with Gasteiger partial charge < -0.3 is 5.32 Å². The monoisotopic (exact) mass is 265 g/mol. The second-order valence-electron chi connectivity index (χ2n) is 7.99. The van der Waals surface area contributed by atoms with Crippen molar-refractivity contribution < 1.29 is 0 Å². The average molecular weight is 265 g/mol. The van der Waals surface area contributed by atoms with E-state index in [-0.39, 0.29) is 0 Å². The van der Waals surface area contributed by atoms with Gasteiger partial charge in [-0.1, -0.05) is 40.5 Å². The fraction of sp³-hybridized carbons (Fsp3) is 1.00. The third kappa shape index (κ3) is 4.77. The topological polar surface area (TPSA) is 12.0 Å². The predicted molar refractivity (Wildman–Crippen MR) is 84.3 cm³/mol. The molecule has 1 heteroatoms. The molecule has 0 spiro atoms. The van der Waals surface area contributed by atoms with Crippen LogP contribution in [0.1, 0.15) is 79.1 Å². The highest BCUT2D eigenvalue weighted by Gasteiger charge is 2.28. The summed E-state index contributed by atoms with van der Waals surface area (Å²) in [6, 6.07) is 1.64. The zero-order valence-corrected chi connectivity index (χ0v) is 13.6. The van der Waals surface area contributed by atoms with Crippen molar-refractivity contribution in [2.24, 2.45) is 23.7 Å². The quantitative estimate of drug-likeness (QED) is 0.754. The van der Waals surface area contributed by atoms with Crippen LogP contribution in [0.15, 0.2) is 0 Å². The standard InChI is InChI=1S/C18H35N/c1-13(2)10-16-6-5-7-17(12-16)19-18-9-8-14(3)15(4)11-18/h13-19H,5-12H2,1-4H3. The lowest BCUT2D eigenvalue weighted by molar-refractivity contribution is 0.184. The molecule has 112 valence electrons. The molecular weight excluding hydrogens is 230 g/mol. The van der Waals surface area contributed by atoms with Crippen molar-refractivity contribution >= 4 is 0 Å². The minimum absolute atomic E-state index is 0.814. The first-order valence-corrected chi connectivity index (χ1v) is 8.80. The van der Waals surface area contributed by atoms with Crippen LogP contribution in [0.3, 0.4) is 0 Å². The summed E-state index contributed by atoms with van der Waals surface area (Å²) in [6.07, 6.45) is 11.5. The Morgan fingerprint density at radius 1 is 0.895 bits per heavy atom. The summed E-state index contributed by atoms with van der Waals surface area (Å²) in [5, 5.41) is 4.01. The Kier molecular flexibility index (Phi) is 5.74. The lowest BCUT2D eigenvalue weighted by atomic mass is 9.77. The number of nitrogens with one attached hydrogen (secondary N) is 1. The number of hydrogen-bond acceptors (Lipinski definition) is 1. The van der Waals surface area contributed by atoms with Crippen molar-refractivity contribution in [3.05, 3.63) is 0 Å². The summed E-state index contributed by atoms with van der Waals surface area (Å²) in [5.41, 5.74) is 0. The molecular formula is C18H35N. The molecule has 2 saturated carbocycles. The van der Waals surface area contributed by atoms with Crippen LogP contribution in [0, 0.1) is 23.7 Å². The minimum atomic E-state index is 0.814. The Bertz CT molecular complexity index is 260. The van der Waals surface area contributed by atoms with Gasteiger partial charge in [-0.25, -0.2) is 0 Å². The first-order valence-electron chi connectivity index (χ1n) is 8.80. The van der Waals surface area contributed by atoms with Gasteiger partial charge in [-0.2, -0.15) is 0 Å².